The fourth-order valence-corrected chi connectivity index (χ4v) is 2.90. The highest BCUT2D eigenvalue weighted by molar-refractivity contribution is 5.48. The van der Waals surface area contributed by atoms with Crippen LogP contribution in [-0.2, 0) is 11.3 Å². The summed E-state index contributed by atoms with van der Waals surface area (Å²) in [5.74, 6) is -0.238. The van der Waals surface area contributed by atoms with Crippen LogP contribution in [-0.4, -0.2) is 28.1 Å². The first-order valence-electron chi connectivity index (χ1n) is 7.88. The molecule has 24 heavy (non-hydrogen) atoms. The van der Waals surface area contributed by atoms with Gasteiger partial charge < -0.3 is 9.64 Å². The molecular formula is C18H17FN4O. The van der Waals surface area contributed by atoms with Crippen molar-refractivity contribution in [2.24, 2.45) is 0 Å². The van der Waals surface area contributed by atoms with E-state index in [0.29, 0.717) is 18.7 Å². The maximum absolute atomic E-state index is 13.8. The lowest BCUT2D eigenvalue weighted by molar-refractivity contribution is 0.110. The van der Waals surface area contributed by atoms with Crippen LogP contribution < -0.4 is 4.90 Å². The van der Waals surface area contributed by atoms with Gasteiger partial charge in [0.25, 0.3) is 0 Å². The van der Waals surface area contributed by atoms with E-state index < -0.39 is 0 Å². The number of benzene rings is 2. The second kappa shape index (κ2) is 6.41. The number of nitrogens with zero attached hydrogens (tertiary/aromatic N) is 4. The van der Waals surface area contributed by atoms with E-state index in [4.69, 9.17) is 4.74 Å². The van der Waals surface area contributed by atoms with Crippen LogP contribution in [0, 0.1) is 5.82 Å². The summed E-state index contributed by atoms with van der Waals surface area (Å²) >= 11 is 0. The molecule has 2 heterocycles. The van der Waals surface area contributed by atoms with E-state index in [1.54, 1.807) is 16.8 Å². The van der Waals surface area contributed by atoms with Crippen LogP contribution >= 0.6 is 0 Å². The van der Waals surface area contributed by atoms with E-state index in [1.165, 1.54) is 6.07 Å². The Morgan fingerprint density at radius 3 is 2.71 bits per heavy atom. The molecule has 1 atom stereocenters. The molecule has 0 saturated carbocycles. The molecule has 1 aromatic heterocycles. The van der Waals surface area contributed by atoms with Gasteiger partial charge in [-0.05, 0) is 18.2 Å². The summed E-state index contributed by atoms with van der Waals surface area (Å²) in [4.78, 5) is 2.15. The van der Waals surface area contributed by atoms with Gasteiger partial charge in [0.2, 0.25) is 0 Å². The van der Waals surface area contributed by atoms with Crippen molar-refractivity contribution in [3.05, 3.63) is 77.9 Å². The zero-order chi connectivity index (χ0) is 16.4. The lowest BCUT2D eigenvalue weighted by Gasteiger charge is -2.23. The van der Waals surface area contributed by atoms with Crippen molar-refractivity contribution in [3.63, 3.8) is 0 Å². The summed E-state index contributed by atoms with van der Waals surface area (Å²) < 4.78 is 21.2. The molecule has 0 spiro atoms. The maximum atomic E-state index is 13.8. The van der Waals surface area contributed by atoms with E-state index in [0.717, 1.165) is 17.9 Å². The van der Waals surface area contributed by atoms with E-state index >= 15 is 0 Å². The molecule has 122 valence electrons. The monoisotopic (exact) mass is 324 g/mol. The molecule has 0 bridgehead atoms. The molecule has 3 aromatic rings. The van der Waals surface area contributed by atoms with Crippen LogP contribution in [0.25, 0.3) is 0 Å². The van der Waals surface area contributed by atoms with Crippen LogP contribution in [0.2, 0.25) is 0 Å². The molecule has 0 N–H and O–H groups in total. The van der Waals surface area contributed by atoms with Gasteiger partial charge in [0, 0.05) is 17.8 Å². The van der Waals surface area contributed by atoms with E-state index in [-0.39, 0.29) is 12.0 Å². The fourth-order valence-electron chi connectivity index (χ4n) is 2.90. The highest BCUT2D eigenvalue weighted by atomic mass is 19.1. The number of para-hydroxylation sites is 1. The maximum Gasteiger partial charge on any atom is 0.177 e. The minimum Gasteiger partial charge on any atom is -0.350 e. The van der Waals surface area contributed by atoms with Crippen LogP contribution in [0.15, 0.2) is 60.8 Å². The smallest absolute Gasteiger partial charge is 0.177 e. The zero-order valence-electron chi connectivity index (χ0n) is 13.0. The third-order valence-corrected chi connectivity index (χ3v) is 4.08. The zero-order valence-corrected chi connectivity index (χ0v) is 13.0. The third kappa shape index (κ3) is 2.88. The van der Waals surface area contributed by atoms with Gasteiger partial charge in [-0.25, -0.2) is 9.07 Å². The Hall–Kier alpha value is -2.73. The molecule has 1 saturated heterocycles. The highest BCUT2D eigenvalue weighted by Crippen LogP contribution is 2.30. The van der Waals surface area contributed by atoms with Crippen molar-refractivity contribution in [2.45, 2.75) is 12.8 Å². The summed E-state index contributed by atoms with van der Waals surface area (Å²) in [6.07, 6.45) is 1.56. The van der Waals surface area contributed by atoms with E-state index in [1.807, 2.05) is 42.6 Å². The summed E-state index contributed by atoms with van der Waals surface area (Å²) in [5, 5.41) is 8.34. The second-order valence-corrected chi connectivity index (χ2v) is 5.68. The van der Waals surface area contributed by atoms with Crippen molar-refractivity contribution in [1.29, 1.82) is 0 Å². The molecular weight excluding hydrogens is 307 g/mol. The molecule has 2 aromatic carbocycles. The molecule has 0 amide bonds. The summed E-state index contributed by atoms with van der Waals surface area (Å²) in [6, 6.07) is 16.8. The summed E-state index contributed by atoms with van der Waals surface area (Å²) in [7, 11) is 0. The summed E-state index contributed by atoms with van der Waals surface area (Å²) in [5.41, 5.74) is 2.40. The SMILES string of the molecule is Fc1ccccc1Cn1cc([C@H]2OCCN2c2ccccc2)nn1. The quantitative estimate of drug-likeness (QED) is 0.740. The predicted molar refractivity (Wildman–Crippen MR) is 88.0 cm³/mol. The van der Waals surface area contributed by atoms with Gasteiger partial charge in [0.1, 0.15) is 11.5 Å². The van der Waals surface area contributed by atoms with Gasteiger partial charge >= 0.3 is 0 Å². The molecule has 5 nitrogen and oxygen atoms in total. The van der Waals surface area contributed by atoms with Gasteiger partial charge in [-0.3, -0.25) is 0 Å². The van der Waals surface area contributed by atoms with Crippen LogP contribution in [0.4, 0.5) is 10.1 Å². The number of hydrogen-bond donors (Lipinski definition) is 0. The molecule has 1 aliphatic rings. The average molecular weight is 324 g/mol. The largest absolute Gasteiger partial charge is 0.350 e. The number of hydrogen-bond acceptors (Lipinski definition) is 4. The van der Waals surface area contributed by atoms with Crippen LogP contribution in [0.5, 0.6) is 0 Å². The molecule has 1 aliphatic heterocycles. The van der Waals surface area contributed by atoms with Crippen LogP contribution in [0.3, 0.4) is 0 Å². The number of rotatable bonds is 4. The minimum atomic E-state index is -0.262. The molecule has 4 rings (SSSR count). The molecule has 0 radical (unpaired) electrons. The van der Waals surface area contributed by atoms with E-state index in [9.17, 15) is 4.39 Å². The molecule has 0 aliphatic carbocycles. The normalized spacial score (nSPS) is 17.4. The van der Waals surface area contributed by atoms with Crippen molar-refractivity contribution >= 4 is 5.69 Å². The summed E-state index contributed by atoms with van der Waals surface area (Å²) in [6.45, 7) is 1.78. The van der Waals surface area contributed by atoms with Gasteiger partial charge in [0.05, 0.1) is 19.3 Å². The van der Waals surface area contributed by atoms with Crippen molar-refractivity contribution in [3.8, 4) is 0 Å². The lowest BCUT2D eigenvalue weighted by Crippen LogP contribution is -2.23. The fraction of sp³-hybridized carbons (Fsp3) is 0.222. The number of aromatic nitrogens is 3. The molecule has 1 fully saturated rings. The standard InChI is InChI=1S/C18H17FN4O/c19-16-9-5-4-6-14(16)12-22-13-17(20-21-22)18-23(10-11-24-18)15-7-2-1-3-8-15/h1-9,13,18H,10-12H2/t18-/m1/s1. The molecule has 0 unspecified atom stereocenters. The first-order valence-corrected chi connectivity index (χ1v) is 7.88. The van der Waals surface area contributed by atoms with Gasteiger partial charge in [-0.1, -0.05) is 41.6 Å². The van der Waals surface area contributed by atoms with E-state index in [2.05, 4.69) is 15.2 Å². The predicted octanol–water partition coefficient (Wildman–Crippen LogP) is 3.00. The first-order chi connectivity index (χ1) is 11.8. The van der Waals surface area contributed by atoms with Gasteiger partial charge in [-0.2, -0.15) is 0 Å². The Bertz CT molecular complexity index is 821. The number of anilines is 1. The number of ether oxygens (including phenoxy) is 1. The Balaban J connectivity index is 1.55. The van der Waals surface area contributed by atoms with Crippen molar-refractivity contribution in [1.82, 2.24) is 15.0 Å². The molecule has 6 heteroatoms. The van der Waals surface area contributed by atoms with Crippen molar-refractivity contribution in [2.75, 3.05) is 18.1 Å². The Morgan fingerprint density at radius 1 is 1.08 bits per heavy atom. The second-order valence-electron chi connectivity index (χ2n) is 5.68. The van der Waals surface area contributed by atoms with Gasteiger partial charge in [0.15, 0.2) is 6.23 Å². The average Bonchev–Trinajstić information content (AvgIpc) is 3.27. The topological polar surface area (TPSA) is 43.2 Å². The Kier molecular flexibility index (Phi) is 3.96. The highest BCUT2D eigenvalue weighted by Gasteiger charge is 2.29. The first kappa shape index (κ1) is 14.8. The third-order valence-electron chi connectivity index (χ3n) is 4.08. The Morgan fingerprint density at radius 2 is 1.88 bits per heavy atom. The lowest BCUT2D eigenvalue weighted by atomic mass is 10.2. The number of halogens is 1. The van der Waals surface area contributed by atoms with Crippen molar-refractivity contribution < 1.29 is 9.13 Å². The Labute approximate surface area is 139 Å². The van der Waals surface area contributed by atoms with Gasteiger partial charge in [-0.15, -0.1) is 5.10 Å². The minimum absolute atomic E-state index is 0.238. The van der Waals surface area contributed by atoms with Crippen LogP contribution in [0.1, 0.15) is 17.5 Å².